The molecule has 4 N–H and O–H groups in total. The predicted octanol–water partition coefficient (Wildman–Crippen LogP) is 0.692. The number of rotatable bonds is 4. The Hall–Kier alpha value is -2.81. The number of primary amides is 1. The summed E-state index contributed by atoms with van der Waals surface area (Å²) in [5.74, 6) is 2.16. The number of amides is 2. The molecular weight excluding hydrogens is 260 g/mol. The van der Waals surface area contributed by atoms with Crippen molar-refractivity contribution in [2.75, 3.05) is 5.32 Å². The molecule has 20 heavy (non-hydrogen) atoms. The van der Waals surface area contributed by atoms with Gasteiger partial charge in [0.2, 0.25) is 0 Å². The van der Waals surface area contributed by atoms with Crippen LogP contribution in [0.15, 0.2) is 24.3 Å². The number of carboxylic acid groups (broad SMARTS) is 1. The fourth-order valence-corrected chi connectivity index (χ4v) is 1.59. The van der Waals surface area contributed by atoms with E-state index in [4.69, 9.17) is 10.8 Å². The van der Waals surface area contributed by atoms with Crippen LogP contribution in [0.2, 0.25) is 0 Å². The van der Waals surface area contributed by atoms with E-state index in [2.05, 4.69) is 17.2 Å². The number of carbonyl (C=O) groups is 3. The van der Waals surface area contributed by atoms with Crippen molar-refractivity contribution >= 4 is 23.5 Å². The SMILES string of the molecule is CC#C[C@@H](CC(=O)O)c1ccc(NC(=O)C(N)=O)cc1. The lowest BCUT2D eigenvalue weighted by Gasteiger charge is -2.10. The minimum atomic E-state index is -1.07. The van der Waals surface area contributed by atoms with Gasteiger partial charge in [0.1, 0.15) is 0 Å². The standard InChI is InChI=1S/C14H14N2O4/c1-2-3-10(8-12(17)18)9-4-6-11(7-5-9)16-14(20)13(15)19/h4-7,10H,8H2,1H3,(H2,15,19)(H,16,20)(H,17,18)/t10-/m0/s1. The Morgan fingerprint density at radius 2 is 1.90 bits per heavy atom. The second-order valence-electron chi connectivity index (χ2n) is 3.99. The summed E-state index contributed by atoms with van der Waals surface area (Å²) in [5, 5.41) is 11.1. The highest BCUT2D eigenvalue weighted by atomic mass is 16.4. The Morgan fingerprint density at radius 1 is 1.30 bits per heavy atom. The summed E-state index contributed by atoms with van der Waals surface area (Å²) in [6.45, 7) is 1.64. The van der Waals surface area contributed by atoms with Crippen molar-refractivity contribution in [2.45, 2.75) is 19.3 Å². The van der Waals surface area contributed by atoms with Gasteiger partial charge >= 0.3 is 17.8 Å². The Balaban J connectivity index is 2.87. The lowest BCUT2D eigenvalue weighted by molar-refractivity contribution is -0.137. The number of hydrogen-bond donors (Lipinski definition) is 3. The summed E-state index contributed by atoms with van der Waals surface area (Å²) in [7, 11) is 0. The highest BCUT2D eigenvalue weighted by Crippen LogP contribution is 2.21. The first-order valence-corrected chi connectivity index (χ1v) is 5.79. The molecule has 104 valence electrons. The molecule has 6 heteroatoms. The summed E-state index contributed by atoms with van der Waals surface area (Å²) >= 11 is 0. The van der Waals surface area contributed by atoms with E-state index >= 15 is 0 Å². The largest absolute Gasteiger partial charge is 0.481 e. The Kier molecular flexibility index (Phi) is 5.30. The molecule has 0 aliphatic rings. The van der Waals surface area contributed by atoms with Crippen LogP contribution in [0.25, 0.3) is 0 Å². The van der Waals surface area contributed by atoms with Gasteiger partial charge in [-0.2, -0.15) is 0 Å². The van der Waals surface area contributed by atoms with Crippen LogP contribution in [0.4, 0.5) is 5.69 Å². The Labute approximate surface area is 116 Å². The minimum Gasteiger partial charge on any atom is -0.481 e. The molecule has 0 aromatic heterocycles. The van der Waals surface area contributed by atoms with Crippen molar-refractivity contribution in [1.82, 2.24) is 0 Å². The molecule has 0 unspecified atom stereocenters. The van der Waals surface area contributed by atoms with Gasteiger partial charge < -0.3 is 16.2 Å². The average Bonchev–Trinajstić information content (AvgIpc) is 2.38. The quantitative estimate of drug-likeness (QED) is 0.554. The molecule has 2 amide bonds. The van der Waals surface area contributed by atoms with Crippen LogP contribution < -0.4 is 11.1 Å². The van der Waals surface area contributed by atoms with Crippen molar-refractivity contribution in [3.63, 3.8) is 0 Å². The number of anilines is 1. The first-order valence-electron chi connectivity index (χ1n) is 5.79. The molecule has 1 aromatic rings. The number of nitrogens with one attached hydrogen (secondary N) is 1. The maximum absolute atomic E-state index is 11.1. The van der Waals surface area contributed by atoms with Gasteiger partial charge in [0, 0.05) is 5.69 Å². The molecule has 0 aliphatic carbocycles. The summed E-state index contributed by atoms with van der Waals surface area (Å²) in [6.07, 6.45) is -0.103. The number of aliphatic carboxylic acids is 1. The Morgan fingerprint density at radius 3 is 2.35 bits per heavy atom. The smallest absolute Gasteiger partial charge is 0.313 e. The van der Waals surface area contributed by atoms with Gasteiger partial charge in [-0.3, -0.25) is 14.4 Å². The molecule has 6 nitrogen and oxygen atoms in total. The second kappa shape index (κ2) is 6.95. The van der Waals surface area contributed by atoms with Gasteiger partial charge in [-0.05, 0) is 24.6 Å². The van der Waals surface area contributed by atoms with E-state index in [1.807, 2.05) is 0 Å². The third kappa shape index (κ3) is 4.46. The van der Waals surface area contributed by atoms with E-state index < -0.39 is 23.7 Å². The van der Waals surface area contributed by atoms with Gasteiger partial charge in [0.15, 0.2) is 0 Å². The first kappa shape index (κ1) is 15.2. The van der Waals surface area contributed by atoms with Gasteiger partial charge in [0.05, 0.1) is 12.3 Å². The Bertz CT molecular complexity index is 581. The zero-order valence-corrected chi connectivity index (χ0v) is 10.8. The highest BCUT2D eigenvalue weighted by molar-refractivity contribution is 6.39. The predicted molar refractivity (Wildman–Crippen MR) is 72.7 cm³/mol. The summed E-state index contributed by atoms with van der Waals surface area (Å²) in [5.41, 5.74) is 5.94. The van der Waals surface area contributed by atoms with Crippen molar-refractivity contribution in [2.24, 2.45) is 5.73 Å². The molecule has 0 heterocycles. The van der Waals surface area contributed by atoms with E-state index in [1.165, 1.54) is 0 Å². The molecule has 1 aromatic carbocycles. The molecule has 0 fully saturated rings. The second-order valence-corrected chi connectivity index (χ2v) is 3.99. The third-order valence-electron chi connectivity index (χ3n) is 2.49. The maximum Gasteiger partial charge on any atom is 0.313 e. The number of hydrogen-bond acceptors (Lipinski definition) is 3. The fourth-order valence-electron chi connectivity index (χ4n) is 1.59. The highest BCUT2D eigenvalue weighted by Gasteiger charge is 2.14. The number of benzene rings is 1. The van der Waals surface area contributed by atoms with Crippen LogP contribution in [0.1, 0.15) is 24.8 Å². The number of carboxylic acids is 1. The molecule has 0 bridgehead atoms. The number of nitrogens with two attached hydrogens (primary N) is 1. The monoisotopic (exact) mass is 274 g/mol. The van der Waals surface area contributed by atoms with E-state index in [0.29, 0.717) is 5.69 Å². The number of carbonyl (C=O) groups excluding carboxylic acids is 2. The fraction of sp³-hybridized carbons (Fsp3) is 0.214. The van der Waals surface area contributed by atoms with E-state index in [9.17, 15) is 14.4 Å². The molecule has 0 saturated heterocycles. The summed E-state index contributed by atoms with van der Waals surface area (Å²) in [6, 6.07) is 6.41. The van der Waals surface area contributed by atoms with Crippen LogP contribution in [-0.4, -0.2) is 22.9 Å². The van der Waals surface area contributed by atoms with Gasteiger partial charge in [0.25, 0.3) is 0 Å². The average molecular weight is 274 g/mol. The molecule has 0 spiro atoms. The molecule has 1 atom stereocenters. The van der Waals surface area contributed by atoms with Crippen LogP contribution >= 0.6 is 0 Å². The summed E-state index contributed by atoms with van der Waals surface area (Å²) in [4.78, 5) is 32.5. The van der Waals surface area contributed by atoms with Crippen molar-refractivity contribution < 1.29 is 19.5 Å². The topological polar surface area (TPSA) is 109 Å². The lowest BCUT2D eigenvalue weighted by atomic mass is 9.96. The third-order valence-corrected chi connectivity index (χ3v) is 2.49. The van der Waals surface area contributed by atoms with Crippen LogP contribution in [0, 0.1) is 11.8 Å². The first-order chi connectivity index (χ1) is 9.43. The molecular formula is C14H14N2O4. The van der Waals surface area contributed by atoms with E-state index in [1.54, 1.807) is 31.2 Å². The van der Waals surface area contributed by atoms with E-state index in [0.717, 1.165) is 5.56 Å². The van der Waals surface area contributed by atoms with Crippen molar-refractivity contribution in [3.8, 4) is 11.8 Å². The van der Waals surface area contributed by atoms with Crippen LogP contribution in [-0.2, 0) is 14.4 Å². The molecule has 0 saturated carbocycles. The molecule has 0 aliphatic heterocycles. The normalized spacial score (nSPS) is 10.8. The van der Waals surface area contributed by atoms with Gasteiger partial charge in [-0.1, -0.05) is 18.1 Å². The van der Waals surface area contributed by atoms with Crippen molar-refractivity contribution in [3.05, 3.63) is 29.8 Å². The van der Waals surface area contributed by atoms with Gasteiger partial charge in [-0.25, -0.2) is 0 Å². The maximum atomic E-state index is 11.1. The van der Waals surface area contributed by atoms with Crippen molar-refractivity contribution in [1.29, 1.82) is 0 Å². The zero-order valence-electron chi connectivity index (χ0n) is 10.8. The summed E-state index contributed by atoms with van der Waals surface area (Å²) < 4.78 is 0. The molecule has 0 radical (unpaired) electrons. The van der Waals surface area contributed by atoms with E-state index in [-0.39, 0.29) is 6.42 Å². The van der Waals surface area contributed by atoms with Gasteiger partial charge in [-0.15, -0.1) is 5.92 Å². The lowest BCUT2D eigenvalue weighted by Crippen LogP contribution is -2.29. The van der Waals surface area contributed by atoms with Crippen LogP contribution in [0.3, 0.4) is 0 Å². The molecule has 1 rings (SSSR count). The zero-order chi connectivity index (χ0) is 15.1. The minimum absolute atomic E-state index is 0.103. The van der Waals surface area contributed by atoms with Crippen LogP contribution in [0.5, 0.6) is 0 Å².